The number of nitrogens with one attached hydrogen (secondary N) is 2. The lowest BCUT2D eigenvalue weighted by Gasteiger charge is -2.12. The highest BCUT2D eigenvalue weighted by Crippen LogP contribution is 2.17. The van der Waals surface area contributed by atoms with Crippen molar-refractivity contribution in [3.8, 4) is 5.75 Å². The van der Waals surface area contributed by atoms with Crippen molar-refractivity contribution in [1.29, 1.82) is 0 Å². The van der Waals surface area contributed by atoms with Crippen LogP contribution in [0.25, 0.3) is 0 Å². The van der Waals surface area contributed by atoms with E-state index in [0.717, 1.165) is 5.56 Å². The molecule has 0 fully saturated rings. The highest BCUT2D eigenvalue weighted by atomic mass is 35.5. The van der Waals surface area contributed by atoms with Gasteiger partial charge in [-0.15, -0.1) is 0 Å². The minimum atomic E-state index is -0.200. The Hall–Kier alpha value is -2.01. The summed E-state index contributed by atoms with van der Waals surface area (Å²) in [4.78, 5) is 11.7. The van der Waals surface area contributed by atoms with Crippen molar-refractivity contribution in [2.45, 2.75) is 13.0 Å². The van der Waals surface area contributed by atoms with E-state index in [-0.39, 0.29) is 18.6 Å². The number of carbonyl (C=O) groups is 1. The molecule has 1 amide bonds. The Balaban J connectivity index is 1.82. The molecule has 2 aromatic rings. The Morgan fingerprint density at radius 2 is 2.42 bits per heavy atom. The number of aromatic amines is 1. The van der Waals surface area contributed by atoms with Crippen molar-refractivity contribution in [3.05, 3.63) is 47.2 Å². The maximum absolute atomic E-state index is 11.7. The van der Waals surface area contributed by atoms with Crippen molar-refractivity contribution in [2.24, 2.45) is 0 Å². The zero-order valence-electron chi connectivity index (χ0n) is 10.4. The molecule has 1 unspecified atom stereocenters. The van der Waals surface area contributed by atoms with Crippen molar-refractivity contribution < 1.29 is 9.53 Å². The molecule has 2 N–H and O–H groups in total. The fraction of sp³-hybridized carbons (Fsp3) is 0.231. The van der Waals surface area contributed by atoms with Crippen molar-refractivity contribution >= 4 is 17.5 Å². The minimum Gasteiger partial charge on any atom is -0.484 e. The highest BCUT2D eigenvalue weighted by Gasteiger charge is 2.10. The van der Waals surface area contributed by atoms with Gasteiger partial charge in [-0.3, -0.25) is 9.89 Å². The number of aromatic nitrogens is 2. The number of halogens is 1. The number of hydrogen-bond acceptors (Lipinski definition) is 3. The molecule has 2 rings (SSSR count). The van der Waals surface area contributed by atoms with Crippen LogP contribution in [0.4, 0.5) is 0 Å². The number of nitrogens with zero attached hydrogens (tertiary/aromatic N) is 1. The lowest BCUT2D eigenvalue weighted by molar-refractivity contribution is -0.123. The molecule has 0 aliphatic rings. The van der Waals surface area contributed by atoms with Crippen molar-refractivity contribution in [3.63, 3.8) is 0 Å². The van der Waals surface area contributed by atoms with Crippen LogP contribution in [-0.4, -0.2) is 22.7 Å². The van der Waals surface area contributed by atoms with Crippen LogP contribution in [0.2, 0.25) is 5.02 Å². The molecule has 100 valence electrons. The summed E-state index contributed by atoms with van der Waals surface area (Å²) in [6, 6.07) is 6.81. The Morgan fingerprint density at radius 1 is 1.58 bits per heavy atom. The van der Waals surface area contributed by atoms with Gasteiger partial charge in [0.25, 0.3) is 5.91 Å². The summed E-state index contributed by atoms with van der Waals surface area (Å²) in [6.45, 7) is 1.82. The van der Waals surface area contributed by atoms with Crippen LogP contribution >= 0.6 is 11.6 Å². The van der Waals surface area contributed by atoms with Crippen LogP contribution in [0.3, 0.4) is 0 Å². The van der Waals surface area contributed by atoms with Crippen LogP contribution < -0.4 is 10.1 Å². The SMILES string of the molecule is CC(NC(=O)COc1cccc(Cl)c1)c1cn[nH]c1. The zero-order chi connectivity index (χ0) is 13.7. The largest absolute Gasteiger partial charge is 0.484 e. The summed E-state index contributed by atoms with van der Waals surface area (Å²) in [7, 11) is 0. The maximum atomic E-state index is 11.7. The summed E-state index contributed by atoms with van der Waals surface area (Å²) >= 11 is 5.82. The molecule has 0 saturated heterocycles. The fourth-order valence-electron chi connectivity index (χ4n) is 1.57. The van der Waals surface area contributed by atoms with Gasteiger partial charge in [0.15, 0.2) is 6.61 Å². The molecule has 6 heteroatoms. The molecule has 5 nitrogen and oxygen atoms in total. The molecule has 1 atom stereocenters. The predicted octanol–water partition coefficient (Wildman–Crippen LogP) is 2.32. The van der Waals surface area contributed by atoms with Gasteiger partial charge in [0.1, 0.15) is 5.75 Å². The molecule has 0 radical (unpaired) electrons. The second-order valence-corrected chi connectivity index (χ2v) is 4.50. The van der Waals surface area contributed by atoms with E-state index < -0.39 is 0 Å². The first kappa shape index (κ1) is 13.4. The third-order valence-electron chi connectivity index (χ3n) is 2.56. The van der Waals surface area contributed by atoms with Gasteiger partial charge < -0.3 is 10.1 Å². The van der Waals surface area contributed by atoms with Crippen molar-refractivity contribution in [1.82, 2.24) is 15.5 Å². The van der Waals surface area contributed by atoms with E-state index in [2.05, 4.69) is 15.5 Å². The third-order valence-corrected chi connectivity index (χ3v) is 2.80. The number of H-pyrrole nitrogens is 1. The zero-order valence-corrected chi connectivity index (χ0v) is 11.1. The molecule has 0 saturated carbocycles. The number of amides is 1. The van der Waals surface area contributed by atoms with Gasteiger partial charge in [0.05, 0.1) is 12.2 Å². The molecule has 1 heterocycles. The van der Waals surface area contributed by atoms with E-state index in [1.165, 1.54) is 0 Å². The summed E-state index contributed by atoms with van der Waals surface area (Å²) in [5.41, 5.74) is 0.913. The topological polar surface area (TPSA) is 67.0 Å². The van der Waals surface area contributed by atoms with Crippen LogP contribution in [0, 0.1) is 0 Å². The second kappa shape index (κ2) is 6.24. The summed E-state index contributed by atoms with van der Waals surface area (Å²) < 4.78 is 5.35. The number of ether oxygens (including phenoxy) is 1. The van der Waals surface area contributed by atoms with Crippen LogP contribution in [0.1, 0.15) is 18.5 Å². The highest BCUT2D eigenvalue weighted by molar-refractivity contribution is 6.30. The molecular formula is C13H14ClN3O2. The lowest BCUT2D eigenvalue weighted by atomic mass is 10.2. The number of hydrogen-bond donors (Lipinski definition) is 2. The van der Waals surface area contributed by atoms with E-state index in [1.54, 1.807) is 36.7 Å². The molecule has 0 aliphatic heterocycles. The van der Waals surface area contributed by atoms with Gasteiger partial charge in [-0.1, -0.05) is 17.7 Å². The Bertz CT molecular complexity index is 543. The van der Waals surface area contributed by atoms with Crippen LogP contribution in [0.15, 0.2) is 36.7 Å². The maximum Gasteiger partial charge on any atom is 0.258 e. The third kappa shape index (κ3) is 3.99. The standard InChI is InChI=1S/C13H14ClN3O2/c1-9(10-6-15-16-7-10)17-13(18)8-19-12-4-2-3-11(14)5-12/h2-7,9H,8H2,1H3,(H,15,16)(H,17,18). The normalized spacial score (nSPS) is 11.9. The van der Waals surface area contributed by atoms with Gasteiger partial charge in [-0.05, 0) is 25.1 Å². The van der Waals surface area contributed by atoms with E-state index in [1.807, 2.05) is 6.92 Å². The fourth-order valence-corrected chi connectivity index (χ4v) is 1.75. The molecule has 0 spiro atoms. The first-order valence-corrected chi connectivity index (χ1v) is 6.19. The molecular weight excluding hydrogens is 266 g/mol. The Morgan fingerprint density at radius 3 is 3.11 bits per heavy atom. The lowest BCUT2D eigenvalue weighted by Crippen LogP contribution is -2.31. The van der Waals surface area contributed by atoms with Crippen LogP contribution in [0.5, 0.6) is 5.75 Å². The van der Waals surface area contributed by atoms with Gasteiger partial charge >= 0.3 is 0 Å². The van der Waals surface area contributed by atoms with Gasteiger partial charge in [-0.2, -0.15) is 5.10 Å². The summed E-state index contributed by atoms with van der Waals surface area (Å²) in [5, 5.41) is 9.92. The van der Waals surface area contributed by atoms with E-state index >= 15 is 0 Å². The summed E-state index contributed by atoms with van der Waals surface area (Å²) in [6.07, 6.45) is 3.41. The monoisotopic (exact) mass is 279 g/mol. The number of carbonyl (C=O) groups excluding carboxylic acids is 1. The number of benzene rings is 1. The van der Waals surface area contributed by atoms with Gasteiger partial charge in [0, 0.05) is 16.8 Å². The molecule has 1 aromatic heterocycles. The van der Waals surface area contributed by atoms with Crippen molar-refractivity contribution in [2.75, 3.05) is 6.61 Å². The Labute approximate surface area is 115 Å². The number of rotatable bonds is 5. The quantitative estimate of drug-likeness (QED) is 0.883. The van der Waals surface area contributed by atoms with Gasteiger partial charge in [0.2, 0.25) is 0 Å². The molecule has 1 aromatic carbocycles. The minimum absolute atomic E-state index is 0.0530. The van der Waals surface area contributed by atoms with E-state index in [4.69, 9.17) is 16.3 Å². The van der Waals surface area contributed by atoms with E-state index in [0.29, 0.717) is 10.8 Å². The van der Waals surface area contributed by atoms with Gasteiger partial charge in [-0.25, -0.2) is 0 Å². The van der Waals surface area contributed by atoms with E-state index in [9.17, 15) is 4.79 Å². The Kier molecular flexibility index (Phi) is 4.41. The average Bonchev–Trinajstić information content (AvgIpc) is 2.90. The molecule has 19 heavy (non-hydrogen) atoms. The molecule has 0 bridgehead atoms. The molecule has 0 aliphatic carbocycles. The first-order valence-electron chi connectivity index (χ1n) is 5.81. The smallest absolute Gasteiger partial charge is 0.258 e. The summed E-state index contributed by atoms with van der Waals surface area (Å²) in [5.74, 6) is 0.368. The second-order valence-electron chi connectivity index (χ2n) is 4.07. The van der Waals surface area contributed by atoms with Crippen LogP contribution in [-0.2, 0) is 4.79 Å². The predicted molar refractivity (Wildman–Crippen MR) is 72.1 cm³/mol. The average molecular weight is 280 g/mol. The first-order chi connectivity index (χ1) is 9.15.